The Bertz CT molecular complexity index is 1340. The Hall–Kier alpha value is -3.64. The summed E-state index contributed by atoms with van der Waals surface area (Å²) in [6.07, 6.45) is 5.95. The molecule has 0 N–H and O–H groups in total. The van der Waals surface area contributed by atoms with Crippen LogP contribution in [-0.4, -0.2) is 0 Å². The van der Waals surface area contributed by atoms with Crippen LogP contribution in [-0.2, 0) is 5.41 Å². The molecule has 4 aromatic carbocycles. The first-order valence-electron chi connectivity index (χ1n) is 12.7. The van der Waals surface area contributed by atoms with Crippen molar-refractivity contribution < 1.29 is 0 Å². The maximum Gasteiger partial charge on any atom is 0.0526 e. The fourth-order valence-corrected chi connectivity index (χ4v) is 6.40. The molecule has 2 aliphatic rings. The maximum atomic E-state index is 2.52. The fraction of sp³-hybridized carbons (Fsp3) is 0.200. The molecule has 0 heterocycles. The molecule has 0 spiro atoms. The highest BCUT2D eigenvalue weighted by Gasteiger charge is 2.50. The van der Waals surface area contributed by atoms with Crippen LogP contribution in [0.4, 0.5) is 0 Å². The first-order chi connectivity index (χ1) is 17.0. The van der Waals surface area contributed by atoms with Gasteiger partial charge in [0.1, 0.15) is 0 Å². The van der Waals surface area contributed by atoms with Crippen molar-refractivity contribution in [3.63, 3.8) is 0 Å². The Balaban J connectivity index is 1.73. The molecule has 0 atom stereocenters. The number of benzene rings is 4. The molecule has 0 nitrogen and oxygen atoms in total. The Morgan fingerprint density at radius 2 is 1.03 bits per heavy atom. The smallest absolute Gasteiger partial charge is 0.0526 e. The van der Waals surface area contributed by atoms with Gasteiger partial charge < -0.3 is 0 Å². The van der Waals surface area contributed by atoms with Crippen molar-refractivity contribution in [2.45, 2.75) is 38.5 Å². The first kappa shape index (κ1) is 21.9. The van der Waals surface area contributed by atoms with Crippen LogP contribution < -0.4 is 0 Å². The molecule has 0 aromatic heterocycles. The lowest BCUT2D eigenvalue weighted by Crippen LogP contribution is -2.37. The van der Waals surface area contributed by atoms with Gasteiger partial charge >= 0.3 is 0 Å². The summed E-state index contributed by atoms with van der Waals surface area (Å²) in [7, 11) is 0. The lowest BCUT2D eigenvalue weighted by Gasteiger charge is -2.43. The number of rotatable bonds is 4. The van der Waals surface area contributed by atoms with E-state index in [1.165, 1.54) is 44.5 Å². The number of hydrogen-bond donors (Lipinski definition) is 0. The monoisotopic (exact) mass is 452 g/mol. The highest BCUT2D eigenvalue weighted by Crippen LogP contribution is 2.60. The Morgan fingerprint density at radius 3 is 1.49 bits per heavy atom. The molecule has 0 radical (unpaired) electrons. The largest absolute Gasteiger partial charge is 0.0767 e. The van der Waals surface area contributed by atoms with Crippen LogP contribution in [0.2, 0.25) is 0 Å². The molecule has 35 heavy (non-hydrogen) atoms. The fourth-order valence-electron chi connectivity index (χ4n) is 6.40. The third-order valence-electron chi connectivity index (χ3n) is 7.97. The van der Waals surface area contributed by atoms with Crippen molar-refractivity contribution in [1.29, 1.82) is 0 Å². The zero-order chi connectivity index (χ0) is 24.0. The van der Waals surface area contributed by atoms with Crippen molar-refractivity contribution >= 4 is 0 Å². The molecule has 0 fully saturated rings. The standard InChI is InChI=1S/C35H32/c1-34(2,3)27-22-23-28(24-27)35(25-14-6-4-7-15-25,26-16-8-5-9-17-26)33-31-20-12-10-18-29(31)30-19-11-13-21-32(30)33/h4-22,24,33H,23H2,1-3H3. The Labute approximate surface area is 209 Å². The van der Waals surface area contributed by atoms with Gasteiger partial charge in [-0.1, -0.05) is 148 Å². The molecule has 0 bridgehead atoms. The van der Waals surface area contributed by atoms with E-state index in [1.54, 1.807) is 0 Å². The number of fused-ring (bicyclic) bond motifs is 3. The van der Waals surface area contributed by atoms with Gasteiger partial charge in [0, 0.05) is 5.92 Å². The normalized spacial score (nSPS) is 15.4. The van der Waals surface area contributed by atoms with E-state index >= 15 is 0 Å². The van der Waals surface area contributed by atoms with E-state index in [0.29, 0.717) is 0 Å². The highest BCUT2D eigenvalue weighted by molar-refractivity contribution is 5.81. The van der Waals surface area contributed by atoms with Gasteiger partial charge in [-0.05, 0) is 50.8 Å². The average molecular weight is 453 g/mol. The topological polar surface area (TPSA) is 0 Å². The van der Waals surface area contributed by atoms with Crippen LogP contribution in [0.15, 0.2) is 132 Å². The van der Waals surface area contributed by atoms with Crippen LogP contribution in [0, 0.1) is 5.41 Å². The number of allylic oxidation sites excluding steroid dienone is 4. The zero-order valence-electron chi connectivity index (χ0n) is 20.8. The number of hydrogen-bond acceptors (Lipinski definition) is 0. The SMILES string of the molecule is CC(C)(C)C1=CCC(C(c2ccccc2)(c2ccccc2)C2c3ccccc3-c3ccccc32)=C1. The molecular formula is C35H32. The summed E-state index contributed by atoms with van der Waals surface area (Å²) >= 11 is 0. The Kier molecular flexibility index (Phi) is 5.15. The van der Waals surface area contributed by atoms with E-state index in [4.69, 9.17) is 0 Å². The molecule has 0 unspecified atom stereocenters. The zero-order valence-corrected chi connectivity index (χ0v) is 20.8. The van der Waals surface area contributed by atoms with Crippen molar-refractivity contribution in [2.24, 2.45) is 5.41 Å². The van der Waals surface area contributed by atoms with Gasteiger partial charge in [-0.15, -0.1) is 0 Å². The summed E-state index contributed by atoms with van der Waals surface area (Å²) in [5.74, 6) is 0.193. The van der Waals surface area contributed by atoms with E-state index < -0.39 is 0 Å². The third kappa shape index (κ3) is 3.35. The van der Waals surface area contributed by atoms with Crippen molar-refractivity contribution in [3.05, 3.63) is 155 Å². The molecule has 172 valence electrons. The van der Waals surface area contributed by atoms with E-state index in [9.17, 15) is 0 Å². The molecule has 0 saturated heterocycles. The molecule has 0 saturated carbocycles. The molecule has 0 heteroatoms. The van der Waals surface area contributed by atoms with Gasteiger partial charge in [0.2, 0.25) is 0 Å². The second-order valence-electron chi connectivity index (χ2n) is 10.9. The van der Waals surface area contributed by atoms with Crippen LogP contribution in [0.25, 0.3) is 11.1 Å². The summed E-state index contributed by atoms with van der Waals surface area (Å²) < 4.78 is 0. The minimum absolute atomic E-state index is 0.117. The van der Waals surface area contributed by atoms with Crippen LogP contribution >= 0.6 is 0 Å². The van der Waals surface area contributed by atoms with Crippen molar-refractivity contribution in [3.8, 4) is 11.1 Å². The van der Waals surface area contributed by atoms with E-state index in [0.717, 1.165) is 6.42 Å². The van der Waals surface area contributed by atoms with E-state index in [2.05, 4.69) is 142 Å². The molecule has 4 aromatic rings. The van der Waals surface area contributed by atoms with Crippen LogP contribution in [0.3, 0.4) is 0 Å². The minimum Gasteiger partial charge on any atom is -0.0767 e. The predicted molar refractivity (Wildman–Crippen MR) is 148 cm³/mol. The van der Waals surface area contributed by atoms with E-state index in [1.807, 2.05) is 0 Å². The molecule has 0 aliphatic heterocycles. The first-order valence-corrected chi connectivity index (χ1v) is 12.7. The maximum absolute atomic E-state index is 2.52. The summed E-state index contributed by atoms with van der Waals surface area (Å²) in [6, 6.07) is 40.5. The minimum atomic E-state index is -0.311. The second kappa shape index (κ2) is 8.24. The Morgan fingerprint density at radius 1 is 0.571 bits per heavy atom. The van der Waals surface area contributed by atoms with Gasteiger partial charge in [-0.25, -0.2) is 0 Å². The summed E-state index contributed by atoms with van der Waals surface area (Å²) in [6.45, 7) is 6.97. The summed E-state index contributed by atoms with van der Waals surface area (Å²) in [5, 5.41) is 0. The highest BCUT2D eigenvalue weighted by atomic mass is 14.5. The van der Waals surface area contributed by atoms with Crippen molar-refractivity contribution in [1.82, 2.24) is 0 Å². The van der Waals surface area contributed by atoms with Gasteiger partial charge in [0.15, 0.2) is 0 Å². The quantitative estimate of drug-likeness (QED) is 0.290. The third-order valence-corrected chi connectivity index (χ3v) is 7.97. The van der Waals surface area contributed by atoms with Gasteiger partial charge in [0.05, 0.1) is 5.41 Å². The summed E-state index contributed by atoms with van der Waals surface area (Å²) in [4.78, 5) is 0. The molecule has 0 amide bonds. The lowest BCUT2D eigenvalue weighted by atomic mass is 9.58. The van der Waals surface area contributed by atoms with Crippen LogP contribution in [0.1, 0.15) is 55.4 Å². The van der Waals surface area contributed by atoms with Crippen molar-refractivity contribution in [2.75, 3.05) is 0 Å². The molecule has 6 rings (SSSR count). The predicted octanol–water partition coefficient (Wildman–Crippen LogP) is 9.09. The van der Waals surface area contributed by atoms with E-state index in [-0.39, 0.29) is 16.7 Å². The average Bonchev–Trinajstić information content (AvgIpc) is 3.51. The van der Waals surface area contributed by atoms with Gasteiger partial charge in [0.25, 0.3) is 0 Å². The van der Waals surface area contributed by atoms with Crippen LogP contribution in [0.5, 0.6) is 0 Å². The second-order valence-corrected chi connectivity index (χ2v) is 10.9. The summed E-state index contributed by atoms with van der Waals surface area (Å²) in [5.41, 5.74) is 11.0. The van der Waals surface area contributed by atoms with Gasteiger partial charge in [-0.2, -0.15) is 0 Å². The molecule has 2 aliphatic carbocycles. The lowest BCUT2D eigenvalue weighted by molar-refractivity contribution is 0.513. The molecular weight excluding hydrogens is 420 g/mol. The van der Waals surface area contributed by atoms with Gasteiger partial charge in [-0.3, -0.25) is 0 Å².